The van der Waals surface area contributed by atoms with E-state index in [4.69, 9.17) is 4.74 Å². The lowest BCUT2D eigenvalue weighted by molar-refractivity contribution is -0.146. The maximum atomic E-state index is 13.6. The highest BCUT2D eigenvalue weighted by molar-refractivity contribution is 6.03. The molecule has 0 spiro atoms. The number of hydrogen-bond acceptors (Lipinski definition) is 5. The number of esters is 1. The molecule has 0 bridgehead atoms. The lowest BCUT2D eigenvalue weighted by Crippen LogP contribution is -2.44. The van der Waals surface area contributed by atoms with Crippen molar-refractivity contribution in [2.24, 2.45) is 5.92 Å². The van der Waals surface area contributed by atoms with Crippen LogP contribution in [0.15, 0.2) is 65.5 Å². The standard InChI is InChI=1S/C24H23N3O4/c1-31-24(30)18-13-8-14-27(15-18)23(29)20-19(16-9-4-2-5-10-16)21(25-26-22(20)28)17-11-6-3-7-12-17/h2-7,9-12,18H,8,13-15H2,1H3,(H,26,28). The molecule has 3 aromatic rings. The Labute approximate surface area is 179 Å². The summed E-state index contributed by atoms with van der Waals surface area (Å²) in [7, 11) is 1.34. The van der Waals surface area contributed by atoms with E-state index in [1.54, 1.807) is 4.90 Å². The number of methoxy groups -OCH3 is 1. The van der Waals surface area contributed by atoms with E-state index in [1.165, 1.54) is 7.11 Å². The monoisotopic (exact) mass is 417 g/mol. The third-order valence-electron chi connectivity index (χ3n) is 5.55. The summed E-state index contributed by atoms with van der Waals surface area (Å²) in [5.41, 5.74) is 2.01. The van der Waals surface area contributed by atoms with E-state index in [9.17, 15) is 14.4 Å². The number of nitrogens with zero attached hydrogens (tertiary/aromatic N) is 2. The molecular formula is C24H23N3O4. The molecule has 158 valence electrons. The minimum atomic E-state index is -0.552. The first kappa shape index (κ1) is 20.5. The second-order valence-electron chi connectivity index (χ2n) is 7.50. The van der Waals surface area contributed by atoms with E-state index in [0.717, 1.165) is 11.1 Å². The van der Waals surface area contributed by atoms with Crippen LogP contribution in [0, 0.1) is 5.92 Å². The van der Waals surface area contributed by atoms with Crippen LogP contribution in [0.4, 0.5) is 0 Å². The number of aromatic amines is 1. The van der Waals surface area contributed by atoms with Gasteiger partial charge in [0.2, 0.25) is 0 Å². The van der Waals surface area contributed by atoms with Gasteiger partial charge in [-0.15, -0.1) is 0 Å². The molecule has 1 N–H and O–H groups in total. The summed E-state index contributed by atoms with van der Waals surface area (Å²) in [4.78, 5) is 40.1. The Morgan fingerprint density at radius 1 is 1.03 bits per heavy atom. The Morgan fingerprint density at radius 2 is 1.68 bits per heavy atom. The summed E-state index contributed by atoms with van der Waals surface area (Å²) in [6.07, 6.45) is 1.32. The molecule has 1 amide bonds. The molecule has 1 aliphatic rings. The van der Waals surface area contributed by atoms with Crippen molar-refractivity contribution < 1.29 is 14.3 Å². The number of aromatic nitrogens is 2. The second-order valence-corrected chi connectivity index (χ2v) is 7.50. The van der Waals surface area contributed by atoms with Gasteiger partial charge in [-0.3, -0.25) is 14.4 Å². The molecule has 1 aliphatic heterocycles. The van der Waals surface area contributed by atoms with E-state index in [-0.39, 0.29) is 18.1 Å². The number of likely N-dealkylation sites (tertiary alicyclic amines) is 1. The van der Waals surface area contributed by atoms with Gasteiger partial charge in [0, 0.05) is 24.2 Å². The number of piperidine rings is 1. The first-order chi connectivity index (χ1) is 15.1. The van der Waals surface area contributed by atoms with E-state index < -0.39 is 17.4 Å². The summed E-state index contributed by atoms with van der Waals surface area (Å²) >= 11 is 0. The molecule has 1 saturated heterocycles. The van der Waals surface area contributed by atoms with Crippen LogP contribution in [0.1, 0.15) is 23.2 Å². The summed E-state index contributed by atoms with van der Waals surface area (Å²) < 4.78 is 4.86. The fourth-order valence-corrected chi connectivity index (χ4v) is 4.02. The van der Waals surface area contributed by atoms with Gasteiger partial charge in [-0.25, -0.2) is 5.10 Å². The first-order valence-electron chi connectivity index (χ1n) is 10.2. The number of carbonyl (C=O) groups is 2. The van der Waals surface area contributed by atoms with Crippen molar-refractivity contribution in [2.45, 2.75) is 12.8 Å². The number of amides is 1. The maximum Gasteiger partial charge on any atom is 0.310 e. The zero-order valence-corrected chi connectivity index (χ0v) is 17.2. The summed E-state index contributed by atoms with van der Waals surface area (Å²) in [6, 6.07) is 18.7. The molecule has 2 aromatic carbocycles. The van der Waals surface area contributed by atoms with Gasteiger partial charge in [0.15, 0.2) is 0 Å². The molecule has 1 aromatic heterocycles. The minimum Gasteiger partial charge on any atom is -0.469 e. The fraction of sp³-hybridized carbons (Fsp3) is 0.250. The first-order valence-corrected chi connectivity index (χ1v) is 10.2. The smallest absolute Gasteiger partial charge is 0.310 e. The van der Waals surface area contributed by atoms with Crippen LogP contribution < -0.4 is 5.56 Å². The average molecular weight is 417 g/mol. The van der Waals surface area contributed by atoms with Crippen molar-refractivity contribution in [1.82, 2.24) is 15.1 Å². The van der Waals surface area contributed by atoms with Crippen molar-refractivity contribution in [3.05, 3.63) is 76.6 Å². The molecule has 2 heterocycles. The number of rotatable bonds is 4. The molecule has 4 rings (SSSR count). The molecular weight excluding hydrogens is 394 g/mol. The van der Waals surface area contributed by atoms with Crippen molar-refractivity contribution in [2.75, 3.05) is 20.2 Å². The summed E-state index contributed by atoms with van der Waals surface area (Å²) in [5.74, 6) is -1.14. The van der Waals surface area contributed by atoms with Gasteiger partial charge in [-0.1, -0.05) is 60.7 Å². The molecule has 1 unspecified atom stereocenters. The van der Waals surface area contributed by atoms with Gasteiger partial charge < -0.3 is 9.64 Å². The third kappa shape index (κ3) is 4.12. The second kappa shape index (κ2) is 8.95. The third-order valence-corrected chi connectivity index (χ3v) is 5.55. The minimum absolute atomic E-state index is 0.0329. The molecule has 0 aliphatic carbocycles. The van der Waals surface area contributed by atoms with E-state index >= 15 is 0 Å². The fourth-order valence-electron chi connectivity index (χ4n) is 4.02. The molecule has 1 fully saturated rings. The number of nitrogens with one attached hydrogen (secondary N) is 1. The Balaban J connectivity index is 1.85. The van der Waals surface area contributed by atoms with E-state index in [1.807, 2.05) is 60.7 Å². The number of H-pyrrole nitrogens is 1. The maximum absolute atomic E-state index is 13.6. The Bertz CT molecular complexity index is 1140. The molecule has 31 heavy (non-hydrogen) atoms. The summed E-state index contributed by atoms with van der Waals surface area (Å²) in [5, 5.41) is 6.78. The molecule has 0 radical (unpaired) electrons. The molecule has 7 heteroatoms. The van der Waals surface area contributed by atoms with Crippen LogP contribution in [0.25, 0.3) is 22.4 Å². The summed E-state index contributed by atoms with van der Waals surface area (Å²) in [6.45, 7) is 0.700. The van der Waals surface area contributed by atoms with Crippen molar-refractivity contribution in [3.63, 3.8) is 0 Å². The van der Waals surface area contributed by atoms with Crippen LogP contribution in [0.3, 0.4) is 0 Å². The van der Waals surface area contributed by atoms with Gasteiger partial charge in [-0.05, 0) is 18.4 Å². The SMILES string of the molecule is COC(=O)C1CCCN(C(=O)c2c(-c3ccccc3)c(-c3ccccc3)n[nH]c2=O)C1. The highest BCUT2D eigenvalue weighted by Gasteiger charge is 2.32. The van der Waals surface area contributed by atoms with Gasteiger partial charge in [-0.2, -0.15) is 5.10 Å². The Kier molecular flexibility index (Phi) is 5.93. The quantitative estimate of drug-likeness (QED) is 0.659. The van der Waals surface area contributed by atoms with Crippen molar-refractivity contribution >= 4 is 11.9 Å². The van der Waals surface area contributed by atoms with Crippen LogP contribution in [-0.4, -0.2) is 47.2 Å². The number of benzene rings is 2. The lowest BCUT2D eigenvalue weighted by atomic mass is 9.93. The lowest BCUT2D eigenvalue weighted by Gasteiger charge is -2.31. The van der Waals surface area contributed by atoms with E-state index in [2.05, 4.69) is 10.2 Å². The topological polar surface area (TPSA) is 92.4 Å². The molecule has 7 nitrogen and oxygen atoms in total. The zero-order chi connectivity index (χ0) is 21.8. The number of hydrogen-bond donors (Lipinski definition) is 1. The van der Waals surface area contributed by atoms with Crippen LogP contribution in [0.5, 0.6) is 0 Å². The molecule has 1 atom stereocenters. The Morgan fingerprint density at radius 3 is 2.32 bits per heavy atom. The van der Waals surface area contributed by atoms with Crippen molar-refractivity contribution in [3.8, 4) is 22.4 Å². The largest absolute Gasteiger partial charge is 0.469 e. The van der Waals surface area contributed by atoms with Gasteiger partial charge >= 0.3 is 5.97 Å². The van der Waals surface area contributed by atoms with E-state index in [0.29, 0.717) is 30.6 Å². The van der Waals surface area contributed by atoms with Gasteiger partial charge in [0.25, 0.3) is 11.5 Å². The Hall–Kier alpha value is -3.74. The van der Waals surface area contributed by atoms with Gasteiger partial charge in [0.05, 0.1) is 18.7 Å². The number of ether oxygens (including phenoxy) is 1. The number of carbonyl (C=O) groups excluding carboxylic acids is 2. The van der Waals surface area contributed by atoms with Crippen LogP contribution >= 0.6 is 0 Å². The zero-order valence-electron chi connectivity index (χ0n) is 17.2. The van der Waals surface area contributed by atoms with Crippen molar-refractivity contribution in [1.29, 1.82) is 0 Å². The normalized spacial score (nSPS) is 16.0. The van der Waals surface area contributed by atoms with Gasteiger partial charge in [0.1, 0.15) is 5.56 Å². The predicted octanol–water partition coefficient (Wildman–Crippen LogP) is 3.13. The highest BCUT2D eigenvalue weighted by Crippen LogP contribution is 2.32. The average Bonchev–Trinajstić information content (AvgIpc) is 2.84. The van der Waals surface area contributed by atoms with Crippen LogP contribution in [0.2, 0.25) is 0 Å². The molecule has 0 saturated carbocycles. The highest BCUT2D eigenvalue weighted by atomic mass is 16.5. The predicted molar refractivity (Wildman–Crippen MR) is 116 cm³/mol. The van der Waals surface area contributed by atoms with Crippen LogP contribution in [-0.2, 0) is 9.53 Å².